The van der Waals surface area contributed by atoms with E-state index in [-0.39, 0.29) is 18.4 Å². The number of aryl methyl sites for hydroxylation is 1. The average molecular weight is 406 g/mol. The zero-order valence-corrected chi connectivity index (χ0v) is 16.5. The summed E-state index contributed by atoms with van der Waals surface area (Å²) < 4.78 is 0. The number of thiazole rings is 1. The number of amides is 2. The molecule has 2 N–H and O–H groups in total. The summed E-state index contributed by atoms with van der Waals surface area (Å²) in [5.41, 5.74) is 2.07. The van der Waals surface area contributed by atoms with Crippen LogP contribution < -0.4 is 10.6 Å². The van der Waals surface area contributed by atoms with Gasteiger partial charge in [-0.1, -0.05) is 23.7 Å². The predicted molar refractivity (Wildman–Crippen MR) is 107 cm³/mol. The molecule has 3 aromatic rings. The number of carbonyl (C=O) groups is 2. The standard InChI is InChI=1S/C18H16ClN3O2S2/c1-10-12(19)5-3-6-13(10)22-15(23)9-20-17(24)16-11(2)21-18(26-16)14-7-4-8-25-14/h3-8H,9H2,1-2H3,(H,20,24)(H,22,23). The Bertz CT molecular complexity index is 952. The number of rotatable bonds is 5. The molecule has 26 heavy (non-hydrogen) atoms. The van der Waals surface area contributed by atoms with E-state index >= 15 is 0 Å². The molecule has 0 aliphatic rings. The zero-order valence-electron chi connectivity index (χ0n) is 14.1. The van der Waals surface area contributed by atoms with Gasteiger partial charge in [0.2, 0.25) is 5.91 Å². The zero-order chi connectivity index (χ0) is 18.7. The predicted octanol–water partition coefficient (Wildman–Crippen LogP) is 4.51. The van der Waals surface area contributed by atoms with Crippen molar-refractivity contribution in [2.75, 3.05) is 11.9 Å². The van der Waals surface area contributed by atoms with E-state index in [1.54, 1.807) is 36.5 Å². The van der Waals surface area contributed by atoms with Crippen LogP contribution in [0.3, 0.4) is 0 Å². The van der Waals surface area contributed by atoms with Crippen LogP contribution in [-0.4, -0.2) is 23.3 Å². The van der Waals surface area contributed by atoms with E-state index in [9.17, 15) is 9.59 Å². The van der Waals surface area contributed by atoms with Crippen molar-refractivity contribution < 1.29 is 9.59 Å². The third kappa shape index (κ3) is 4.12. The van der Waals surface area contributed by atoms with Crippen molar-refractivity contribution in [1.82, 2.24) is 10.3 Å². The van der Waals surface area contributed by atoms with E-state index in [0.717, 1.165) is 15.4 Å². The molecular formula is C18H16ClN3O2S2. The molecule has 0 spiro atoms. The number of halogens is 1. The molecule has 8 heteroatoms. The minimum absolute atomic E-state index is 0.129. The van der Waals surface area contributed by atoms with Crippen molar-refractivity contribution in [3.8, 4) is 9.88 Å². The van der Waals surface area contributed by atoms with E-state index in [4.69, 9.17) is 11.6 Å². The Morgan fingerprint density at radius 3 is 2.73 bits per heavy atom. The molecule has 2 aromatic heterocycles. The number of anilines is 1. The fourth-order valence-electron chi connectivity index (χ4n) is 2.29. The summed E-state index contributed by atoms with van der Waals surface area (Å²) in [5, 5.41) is 8.74. The quantitative estimate of drug-likeness (QED) is 0.656. The first kappa shape index (κ1) is 18.6. The molecule has 0 saturated carbocycles. The molecule has 1 aromatic carbocycles. The van der Waals surface area contributed by atoms with Crippen LogP contribution in [0.1, 0.15) is 20.9 Å². The third-order valence-electron chi connectivity index (χ3n) is 3.69. The largest absolute Gasteiger partial charge is 0.342 e. The first-order valence-electron chi connectivity index (χ1n) is 7.80. The van der Waals surface area contributed by atoms with Crippen LogP contribution in [0, 0.1) is 13.8 Å². The van der Waals surface area contributed by atoms with Gasteiger partial charge in [0.05, 0.1) is 17.1 Å². The number of thiophene rings is 1. The van der Waals surface area contributed by atoms with Crippen LogP contribution in [0.4, 0.5) is 5.69 Å². The second-order valence-corrected chi connectivity index (χ2v) is 7.91. The number of carbonyl (C=O) groups excluding carboxylic acids is 2. The van der Waals surface area contributed by atoms with Gasteiger partial charge in [-0.25, -0.2) is 4.98 Å². The lowest BCUT2D eigenvalue weighted by atomic mass is 10.2. The van der Waals surface area contributed by atoms with Gasteiger partial charge in [-0.05, 0) is 43.0 Å². The maximum atomic E-state index is 12.4. The van der Waals surface area contributed by atoms with Crippen molar-refractivity contribution in [3.05, 3.63) is 56.9 Å². The minimum atomic E-state index is -0.315. The van der Waals surface area contributed by atoms with Gasteiger partial charge >= 0.3 is 0 Å². The van der Waals surface area contributed by atoms with Gasteiger partial charge in [0.15, 0.2) is 0 Å². The second-order valence-electron chi connectivity index (χ2n) is 5.55. The van der Waals surface area contributed by atoms with Crippen molar-refractivity contribution in [2.45, 2.75) is 13.8 Å². The van der Waals surface area contributed by atoms with Gasteiger partial charge in [0.25, 0.3) is 5.91 Å². The Balaban J connectivity index is 1.62. The normalized spacial score (nSPS) is 10.6. The average Bonchev–Trinajstić information content (AvgIpc) is 3.26. The fraction of sp³-hybridized carbons (Fsp3) is 0.167. The SMILES string of the molecule is Cc1nc(-c2cccs2)sc1C(=O)NCC(=O)Nc1cccc(Cl)c1C. The van der Waals surface area contributed by atoms with Gasteiger partial charge < -0.3 is 10.6 Å². The van der Waals surface area contributed by atoms with E-state index in [0.29, 0.717) is 21.3 Å². The smallest absolute Gasteiger partial charge is 0.263 e. The fourth-order valence-corrected chi connectivity index (χ4v) is 4.24. The Hall–Kier alpha value is -2.22. The number of hydrogen-bond acceptors (Lipinski definition) is 5. The summed E-state index contributed by atoms with van der Waals surface area (Å²) >= 11 is 8.94. The Kier molecular flexibility index (Phi) is 5.70. The lowest BCUT2D eigenvalue weighted by Gasteiger charge is -2.10. The van der Waals surface area contributed by atoms with Crippen LogP contribution in [0.5, 0.6) is 0 Å². The Labute approximate surface area is 164 Å². The van der Waals surface area contributed by atoms with Gasteiger partial charge in [-0.15, -0.1) is 22.7 Å². The van der Waals surface area contributed by atoms with Crippen LogP contribution in [-0.2, 0) is 4.79 Å². The molecule has 0 aliphatic carbocycles. The monoisotopic (exact) mass is 405 g/mol. The van der Waals surface area contributed by atoms with Gasteiger partial charge in [-0.3, -0.25) is 9.59 Å². The summed E-state index contributed by atoms with van der Waals surface area (Å²) in [5.74, 6) is -0.620. The van der Waals surface area contributed by atoms with Crippen LogP contribution >= 0.6 is 34.3 Å². The summed E-state index contributed by atoms with van der Waals surface area (Å²) in [6.45, 7) is 3.48. The highest BCUT2D eigenvalue weighted by Crippen LogP contribution is 2.31. The topological polar surface area (TPSA) is 71.1 Å². The minimum Gasteiger partial charge on any atom is -0.342 e. The van der Waals surface area contributed by atoms with E-state index in [1.165, 1.54) is 11.3 Å². The summed E-state index contributed by atoms with van der Waals surface area (Å²) in [6.07, 6.45) is 0. The molecular weight excluding hydrogens is 390 g/mol. The van der Waals surface area contributed by atoms with Crippen LogP contribution in [0.25, 0.3) is 9.88 Å². The lowest BCUT2D eigenvalue weighted by molar-refractivity contribution is -0.115. The second kappa shape index (κ2) is 7.99. The molecule has 0 radical (unpaired) electrons. The first-order valence-corrected chi connectivity index (χ1v) is 9.87. The van der Waals surface area contributed by atoms with Crippen molar-refractivity contribution in [3.63, 3.8) is 0 Å². The summed E-state index contributed by atoms with van der Waals surface area (Å²) in [4.78, 5) is 30.5. The van der Waals surface area contributed by atoms with E-state index < -0.39 is 0 Å². The molecule has 0 bridgehead atoms. The number of nitrogens with zero attached hydrogens (tertiary/aromatic N) is 1. The van der Waals surface area contributed by atoms with Gasteiger partial charge in [0.1, 0.15) is 9.88 Å². The van der Waals surface area contributed by atoms with Crippen molar-refractivity contribution in [2.24, 2.45) is 0 Å². The molecule has 5 nitrogen and oxygen atoms in total. The molecule has 0 atom stereocenters. The van der Waals surface area contributed by atoms with Gasteiger partial charge in [0, 0.05) is 10.7 Å². The lowest BCUT2D eigenvalue weighted by Crippen LogP contribution is -2.32. The maximum absolute atomic E-state index is 12.4. The highest BCUT2D eigenvalue weighted by atomic mass is 35.5. The molecule has 2 amide bonds. The summed E-state index contributed by atoms with van der Waals surface area (Å²) in [6, 6.07) is 9.19. The maximum Gasteiger partial charge on any atom is 0.263 e. The molecule has 3 rings (SSSR count). The Morgan fingerprint density at radius 2 is 2.00 bits per heavy atom. The molecule has 0 unspecified atom stereocenters. The molecule has 0 saturated heterocycles. The Morgan fingerprint density at radius 1 is 1.19 bits per heavy atom. The number of hydrogen-bond donors (Lipinski definition) is 2. The first-order chi connectivity index (χ1) is 12.5. The molecule has 0 fully saturated rings. The van der Waals surface area contributed by atoms with Crippen molar-refractivity contribution >= 4 is 51.8 Å². The van der Waals surface area contributed by atoms with E-state index in [2.05, 4.69) is 15.6 Å². The van der Waals surface area contributed by atoms with Crippen LogP contribution in [0.2, 0.25) is 5.02 Å². The summed E-state index contributed by atoms with van der Waals surface area (Å²) in [7, 11) is 0. The molecule has 0 aliphatic heterocycles. The molecule has 2 heterocycles. The number of benzene rings is 1. The number of nitrogens with one attached hydrogen (secondary N) is 2. The molecule has 134 valence electrons. The van der Waals surface area contributed by atoms with E-state index in [1.807, 2.05) is 24.4 Å². The third-order valence-corrected chi connectivity index (χ3v) is 6.29. The highest BCUT2D eigenvalue weighted by Gasteiger charge is 2.17. The number of aromatic nitrogens is 1. The van der Waals surface area contributed by atoms with Crippen molar-refractivity contribution in [1.29, 1.82) is 0 Å². The highest BCUT2D eigenvalue weighted by molar-refractivity contribution is 7.22. The van der Waals surface area contributed by atoms with Gasteiger partial charge in [-0.2, -0.15) is 0 Å². The van der Waals surface area contributed by atoms with Crippen LogP contribution in [0.15, 0.2) is 35.7 Å².